The minimum absolute atomic E-state index is 0.119. The van der Waals surface area contributed by atoms with E-state index in [-0.39, 0.29) is 17.8 Å². The number of hydrogen-bond donors (Lipinski definition) is 2. The van der Waals surface area contributed by atoms with Gasteiger partial charge in [0.15, 0.2) is 0 Å². The van der Waals surface area contributed by atoms with Crippen molar-refractivity contribution in [2.75, 3.05) is 14.1 Å². The van der Waals surface area contributed by atoms with Gasteiger partial charge in [0.1, 0.15) is 0 Å². The van der Waals surface area contributed by atoms with Gasteiger partial charge in [0, 0.05) is 24.2 Å². The molecule has 0 radical (unpaired) electrons. The first-order chi connectivity index (χ1) is 14.3. The zero-order chi connectivity index (χ0) is 21.2. The number of fused-ring (bicyclic) bond motifs is 4. The van der Waals surface area contributed by atoms with Gasteiger partial charge in [-0.3, -0.25) is 9.59 Å². The van der Waals surface area contributed by atoms with Crippen LogP contribution in [0, 0.1) is 29.1 Å². The van der Waals surface area contributed by atoms with Crippen molar-refractivity contribution < 1.29 is 19.8 Å². The van der Waals surface area contributed by atoms with Gasteiger partial charge in [-0.25, -0.2) is 0 Å². The highest BCUT2D eigenvalue weighted by atomic mass is 16.4. The summed E-state index contributed by atoms with van der Waals surface area (Å²) in [5, 5.41) is 21.0. The van der Waals surface area contributed by atoms with Gasteiger partial charge < -0.3 is 20.0 Å². The minimum Gasteiger partial charge on any atom is -0.481 e. The zero-order valence-corrected chi connectivity index (χ0v) is 18.5. The molecule has 1 saturated carbocycles. The van der Waals surface area contributed by atoms with Crippen LogP contribution in [-0.4, -0.2) is 70.2 Å². The summed E-state index contributed by atoms with van der Waals surface area (Å²) >= 11 is 0. The molecule has 4 aliphatic heterocycles. The Bertz CT molecular complexity index is 685. The van der Waals surface area contributed by atoms with Gasteiger partial charge in [-0.15, -0.1) is 0 Å². The van der Waals surface area contributed by atoms with Crippen LogP contribution in [0.25, 0.3) is 0 Å². The minimum atomic E-state index is -0.858. The zero-order valence-electron chi connectivity index (χ0n) is 18.5. The van der Waals surface area contributed by atoms with Crippen LogP contribution in [0.4, 0.5) is 0 Å². The van der Waals surface area contributed by atoms with E-state index >= 15 is 0 Å². The van der Waals surface area contributed by atoms with Gasteiger partial charge in [-0.1, -0.05) is 6.42 Å². The molecule has 7 unspecified atom stereocenters. The Balaban J connectivity index is 1.53. The van der Waals surface area contributed by atoms with Crippen LogP contribution < -0.4 is 0 Å². The number of carbonyl (C=O) groups is 2. The number of rotatable bonds is 4. The maximum atomic E-state index is 13.1. The molecule has 5 aliphatic rings. The van der Waals surface area contributed by atoms with Gasteiger partial charge in [0.05, 0.1) is 11.3 Å². The number of aliphatic carboxylic acids is 2. The number of carboxylic acid groups (broad SMARTS) is 2. The van der Waals surface area contributed by atoms with Crippen LogP contribution in [0.5, 0.6) is 0 Å². The highest BCUT2D eigenvalue weighted by Gasteiger charge is 2.62. The Morgan fingerprint density at radius 1 is 0.800 bits per heavy atom. The molecule has 0 aromatic heterocycles. The molecule has 0 amide bonds. The molecule has 4 saturated heterocycles. The Morgan fingerprint density at radius 2 is 1.30 bits per heavy atom. The largest absolute Gasteiger partial charge is 0.481 e. The molecule has 5 rings (SSSR count). The lowest BCUT2D eigenvalue weighted by molar-refractivity contribution is -0.179. The summed E-state index contributed by atoms with van der Waals surface area (Å²) in [4.78, 5) is 30.5. The fourth-order valence-corrected chi connectivity index (χ4v) is 8.83. The molecular formula is C24H38N2O4. The summed E-state index contributed by atoms with van der Waals surface area (Å²) in [6.45, 7) is 0. The van der Waals surface area contributed by atoms with Crippen LogP contribution in [0.15, 0.2) is 0 Å². The number of carboxylic acids is 2. The molecule has 30 heavy (non-hydrogen) atoms. The van der Waals surface area contributed by atoms with E-state index in [9.17, 15) is 19.8 Å². The number of hydrogen-bond acceptors (Lipinski definition) is 4. The molecule has 0 spiro atoms. The van der Waals surface area contributed by atoms with E-state index in [2.05, 4.69) is 23.9 Å². The van der Waals surface area contributed by atoms with E-state index < -0.39 is 23.3 Å². The Kier molecular flexibility index (Phi) is 5.17. The topological polar surface area (TPSA) is 81.1 Å². The molecule has 0 aromatic rings. The summed E-state index contributed by atoms with van der Waals surface area (Å²) in [5.41, 5.74) is -0.858. The fraction of sp³-hybridized carbons (Fsp3) is 0.917. The third kappa shape index (κ3) is 2.96. The lowest BCUT2D eigenvalue weighted by atomic mass is 9.49. The molecule has 4 bridgehead atoms. The quantitative estimate of drug-likeness (QED) is 0.729. The Morgan fingerprint density at radius 3 is 1.77 bits per heavy atom. The molecule has 1 aliphatic carbocycles. The van der Waals surface area contributed by atoms with E-state index in [1.54, 1.807) is 0 Å². The van der Waals surface area contributed by atoms with Gasteiger partial charge >= 0.3 is 11.9 Å². The molecule has 7 atom stereocenters. The normalized spacial score (nSPS) is 49.3. The molecule has 4 heterocycles. The highest BCUT2D eigenvalue weighted by molar-refractivity contribution is 5.79. The van der Waals surface area contributed by atoms with E-state index in [1.807, 2.05) is 0 Å². The third-order valence-corrected chi connectivity index (χ3v) is 10.3. The van der Waals surface area contributed by atoms with E-state index in [0.29, 0.717) is 37.0 Å². The molecule has 6 heteroatoms. The predicted molar refractivity (Wildman–Crippen MR) is 113 cm³/mol. The smallest absolute Gasteiger partial charge is 0.310 e. The lowest BCUT2D eigenvalue weighted by Gasteiger charge is -2.55. The first kappa shape index (κ1) is 20.7. The van der Waals surface area contributed by atoms with Crippen LogP contribution in [0.2, 0.25) is 0 Å². The Hall–Kier alpha value is -1.14. The summed E-state index contributed by atoms with van der Waals surface area (Å²) < 4.78 is 0. The number of piperidine rings is 2. The molecule has 5 fully saturated rings. The predicted octanol–water partition coefficient (Wildman–Crippen LogP) is 3.30. The molecular weight excluding hydrogens is 380 g/mol. The summed E-state index contributed by atoms with van der Waals surface area (Å²) in [6.07, 6.45) is 10.6. The van der Waals surface area contributed by atoms with Crippen molar-refractivity contribution in [3.05, 3.63) is 0 Å². The van der Waals surface area contributed by atoms with Gasteiger partial charge in [0.2, 0.25) is 0 Å². The standard InChI is InChI=1S/C24H38N2O4/c1-25-16-5-6-17(25)11-14(10-16)21-20(22(27)28)4-3-9-24(21,23(29)30)15-12-18-7-8-19(13-15)26(18)2/h14-21H,3-13H2,1-2H3,(H,27,28)(H,29,30). The maximum absolute atomic E-state index is 13.1. The summed E-state index contributed by atoms with van der Waals surface area (Å²) in [6, 6.07) is 1.96. The van der Waals surface area contributed by atoms with Crippen LogP contribution in [0.1, 0.15) is 70.6 Å². The van der Waals surface area contributed by atoms with E-state index in [1.165, 1.54) is 25.7 Å². The van der Waals surface area contributed by atoms with Crippen LogP contribution in [-0.2, 0) is 9.59 Å². The van der Waals surface area contributed by atoms with Crippen molar-refractivity contribution in [1.29, 1.82) is 0 Å². The van der Waals surface area contributed by atoms with Crippen molar-refractivity contribution in [2.45, 2.75) is 94.8 Å². The molecule has 168 valence electrons. The Labute approximate surface area is 180 Å². The van der Waals surface area contributed by atoms with Gasteiger partial charge in [0.25, 0.3) is 0 Å². The van der Waals surface area contributed by atoms with Gasteiger partial charge in [-0.2, -0.15) is 0 Å². The van der Waals surface area contributed by atoms with E-state index in [0.717, 1.165) is 32.1 Å². The fourth-order valence-electron chi connectivity index (χ4n) is 8.83. The second-order valence-corrected chi connectivity index (χ2v) is 11.2. The van der Waals surface area contributed by atoms with E-state index in [4.69, 9.17) is 0 Å². The average molecular weight is 419 g/mol. The third-order valence-electron chi connectivity index (χ3n) is 10.3. The summed E-state index contributed by atoms with van der Waals surface area (Å²) in [7, 11) is 4.40. The lowest BCUT2D eigenvalue weighted by Crippen LogP contribution is -2.59. The maximum Gasteiger partial charge on any atom is 0.310 e. The number of nitrogens with zero attached hydrogens (tertiary/aromatic N) is 2. The first-order valence-electron chi connectivity index (χ1n) is 12.2. The van der Waals surface area contributed by atoms with Crippen molar-refractivity contribution in [3.63, 3.8) is 0 Å². The summed E-state index contributed by atoms with van der Waals surface area (Å²) in [5.74, 6) is -1.82. The van der Waals surface area contributed by atoms with Crippen molar-refractivity contribution in [1.82, 2.24) is 9.80 Å². The van der Waals surface area contributed by atoms with Gasteiger partial charge in [-0.05, 0) is 96.1 Å². The second kappa shape index (κ2) is 7.47. The first-order valence-corrected chi connectivity index (χ1v) is 12.2. The second-order valence-electron chi connectivity index (χ2n) is 11.2. The SMILES string of the molecule is CN1C2CCC1CC(C1C(C(=O)O)CCCC1(C(=O)O)C1CC3CCC(C1)N3C)C2. The monoisotopic (exact) mass is 418 g/mol. The molecule has 2 N–H and O–H groups in total. The van der Waals surface area contributed by atoms with Crippen LogP contribution >= 0.6 is 0 Å². The molecule has 6 nitrogen and oxygen atoms in total. The molecule has 0 aromatic carbocycles. The van der Waals surface area contributed by atoms with Crippen LogP contribution in [0.3, 0.4) is 0 Å². The van der Waals surface area contributed by atoms with Crippen molar-refractivity contribution in [3.8, 4) is 0 Å². The highest BCUT2D eigenvalue weighted by Crippen LogP contribution is 2.60. The van der Waals surface area contributed by atoms with Crippen molar-refractivity contribution >= 4 is 11.9 Å². The average Bonchev–Trinajstić information content (AvgIpc) is 3.04. The van der Waals surface area contributed by atoms with Crippen molar-refractivity contribution in [2.24, 2.45) is 29.1 Å².